The topological polar surface area (TPSA) is 73.5 Å². The van der Waals surface area contributed by atoms with E-state index in [9.17, 15) is 13.2 Å². The summed E-state index contributed by atoms with van der Waals surface area (Å²) in [6.45, 7) is -2.62. The zero-order chi connectivity index (χ0) is 19.7. The van der Waals surface area contributed by atoms with Gasteiger partial charge in [0.2, 0.25) is 5.13 Å². The molecule has 1 aromatic carbocycles. The summed E-state index contributed by atoms with van der Waals surface area (Å²) in [4.78, 5) is 0. The molecule has 0 saturated heterocycles. The van der Waals surface area contributed by atoms with Crippen LogP contribution in [0.4, 0.5) is 24.1 Å². The van der Waals surface area contributed by atoms with Crippen molar-refractivity contribution in [3.63, 3.8) is 0 Å². The van der Waals surface area contributed by atoms with Gasteiger partial charge in [0.05, 0.1) is 6.54 Å². The second-order valence-corrected chi connectivity index (χ2v) is 6.96. The third kappa shape index (κ3) is 3.71. The summed E-state index contributed by atoms with van der Waals surface area (Å²) in [7, 11) is 0. The van der Waals surface area contributed by atoms with Crippen molar-refractivity contribution in [3.05, 3.63) is 59.1 Å². The standard InChI is InChI=1S/C16H11ClF3N7S/c17-10-2-1-3-11(18)9(10)8-26-7-5-13(25-26)22-16-24-23-14(28-16)12-4-6-21-27(12)15(19)20/h1-7,15H,8H2,(H,22,24,25). The van der Waals surface area contributed by atoms with E-state index in [1.807, 2.05) is 0 Å². The van der Waals surface area contributed by atoms with E-state index in [2.05, 4.69) is 25.7 Å². The molecule has 0 amide bonds. The van der Waals surface area contributed by atoms with Crippen LogP contribution >= 0.6 is 22.9 Å². The number of rotatable bonds is 6. The van der Waals surface area contributed by atoms with Gasteiger partial charge in [0, 0.05) is 29.0 Å². The number of alkyl halides is 2. The SMILES string of the molecule is Fc1cccc(Cl)c1Cn1ccc(Nc2nnc(-c3ccnn3C(F)F)s2)n1. The van der Waals surface area contributed by atoms with Crippen LogP contribution in [0.1, 0.15) is 12.1 Å². The smallest absolute Gasteiger partial charge is 0.313 e. The lowest BCUT2D eigenvalue weighted by Gasteiger charge is -2.05. The first-order valence-corrected chi connectivity index (χ1v) is 9.09. The zero-order valence-electron chi connectivity index (χ0n) is 13.9. The summed E-state index contributed by atoms with van der Waals surface area (Å²) in [5, 5.41) is 19.6. The summed E-state index contributed by atoms with van der Waals surface area (Å²) < 4.78 is 41.8. The Morgan fingerprint density at radius 2 is 2.04 bits per heavy atom. The second-order valence-electron chi connectivity index (χ2n) is 5.57. The first-order valence-electron chi connectivity index (χ1n) is 7.90. The predicted octanol–water partition coefficient (Wildman–Crippen LogP) is 4.58. The summed E-state index contributed by atoms with van der Waals surface area (Å²) in [6.07, 6.45) is 2.92. The molecular formula is C16H11ClF3N7S. The van der Waals surface area contributed by atoms with Gasteiger partial charge in [0.15, 0.2) is 10.8 Å². The average molecular weight is 426 g/mol. The van der Waals surface area contributed by atoms with E-state index in [1.54, 1.807) is 18.3 Å². The van der Waals surface area contributed by atoms with Crippen LogP contribution in [0, 0.1) is 5.82 Å². The van der Waals surface area contributed by atoms with Gasteiger partial charge in [-0.2, -0.15) is 19.0 Å². The molecule has 0 aliphatic heterocycles. The Labute approximate surface area is 165 Å². The number of benzene rings is 1. The van der Waals surface area contributed by atoms with Gasteiger partial charge in [-0.3, -0.25) is 4.68 Å². The fourth-order valence-electron chi connectivity index (χ4n) is 2.49. The fourth-order valence-corrected chi connectivity index (χ4v) is 3.48. The molecule has 0 saturated carbocycles. The largest absolute Gasteiger partial charge is 0.333 e. The summed E-state index contributed by atoms with van der Waals surface area (Å²) >= 11 is 7.11. The lowest BCUT2D eigenvalue weighted by molar-refractivity contribution is 0.0585. The molecule has 1 N–H and O–H groups in total. The Morgan fingerprint density at radius 3 is 2.82 bits per heavy atom. The van der Waals surface area contributed by atoms with Gasteiger partial charge in [-0.25, -0.2) is 9.07 Å². The van der Waals surface area contributed by atoms with E-state index in [-0.39, 0.29) is 17.2 Å². The van der Waals surface area contributed by atoms with Crippen LogP contribution in [0.2, 0.25) is 5.02 Å². The van der Waals surface area contributed by atoms with Crippen LogP contribution in [0.25, 0.3) is 10.7 Å². The van der Waals surface area contributed by atoms with Gasteiger partial charge in [0.1, 0.15) is 11.5 Å². The maximum Gasteiger partial charge on any atom is 0.333 e. The van der Waals surface area contributed by atoms with E-state index >= 15 is 0 Å². The van der Waals surface area contributed by atoms with Crippen LogP contribution < -0.4 is 5.32 Å². The molecule has 7 nitrogen and oxygen atoms in total. The number of nitrogens with zero attached hydrogens (tertiary/aromatic N) is 6. The van der Waals surface area contributed by atoms with Crippen molar-refractivity contribution in [1.82, 2.24) is 29.8 Å². The monoisotopic (exact) mass is 425 g/mol. The van der Waals surface area contributed by atoms with Crippen molar-refractivity contribution in [2.24, 2.45) is 0 Å². The lowest BCUT2D eigenvalue weighted by Crippen LogP contribution is -2.04. The van der Waals surface area contributed by atoms with Gasteiger partial charge in [0.25, 0.3) is 0 Å². The van der Waals surface area contributed by atoms with E-state index in [1.165, 1.54) is 29.1 Å². The highest BCUT2D eigenvalue weighted by molar-refractivity contribution is 7.18. The number of hydrogen-bond acceptors (Lipinski definition) is 6. The quantitative estimate of drug-likeness (QED) is 0.489. The molecule has 0 radical (unpaired) electrons. The van der Waals surface area contributed by atoms with Gasteiger partial charge in [-0.15, -0.1) is 10.2 Å². The number of nitrogens with one attached hydrogen (secondary N) is 1. The van der Waals surface area contributed by atoms with E-state index < -0.39 is 12.4 Å². The molecule has 3 aromatic heterocycles. The first-order chi connectivity index (χ1) is 13.5. The molecule has 0 spiro atoms. The summed E-state index contributed by atoms with van der Waals surface area (Å²) in [5.41, 5.74) is 0.498. The van der Waals surface area contributed by atoms with Crippen LogP contribution in [-0.2, 0) is 6.54 Å². The Kier molecular flexibility index (Phi) is 5.01. The highest BCUT2D eigenvalue weighted by Gasteiger charge is 2.17. The van der Waals surface area contributed by atoms with Gasteiger partial charge >= 0.3 is 6.55 Å². The number of anilines is 2. The van der Waals surface area contributed by atoms with Crippen LogP contribution in [0.15, 0.2) is 42.7 Å². The van der Waals surface area contributed by atoms with Crippen molar-refractivity contribution >= 4 is 33.9 Å². The van der Waals surface area contributed by atoms with Gasteiger partial charge in [-0.1, -0.05) is 29.0 Å². The molecule has 0 bridgehead atoms. The minimum atomic E-state index is -2.77. The van der Waals surface area contributed by atoms with E-state index in [4.69, 9.17) is 11.6 Å². The molecular weight excluding hydrogens is 415 g/mol. The fraction of sp³-hybridized carbons (Fsp3) is 0.125. The summed E-state index contributed by atoms with van der Waals surface area (Å²) in [5.74, 6) is 0.0273. The highest BCUT2D eigenvalue weighted by Crippen LogP contribution is 2.30. The van der Waals surface area contributed by atoms with Crippen molar-refractivity contribution in [1.29, 1.82) is 0 Å². The maximum absolute atomic E-state index is 13.9. The Balaban J connectivity index is 1.49. The number of aromatic nitrogens is 6. The van der Waals surface area contributed by atoms with Crippen LogP contribution in [0.5, 0.6) is 0 Å². The molecule has 0 atom stereocenters. The Bertz CT molecular complexity index is 1090. The molecule has 3 heterocycles. The minimum Gasteiger partial charge on any atom is -0.313 e. The molecule has 0 aliphatic carbocycles. The van der Waals surface area contributed by atoms with Crippen LogP contribution in [0.3, 0.4) is 0 Å². The molecule has 0 aliphatic rings. The van der Waals surface area contributed by atoms with Crippen molar-refractivity contribution < 1.29 is 13.2 Å². The predicted molar refractivity (Wildman–Crippen MR) is 98.4 cm³/mol. The van der Waals surface area contributed by atoms with Crippen molar-refractivity contribution in [2.45, 2.75) is 13.1 Å². The van der Waals surface area contributed by atoms with Crippen molar-refractivity contribution in [2.75, 3.05) is 5.32 Å². The Hall–Kier alpha value is -2.92. The molecule has 0 unspecified atom stereocenters. The molecule has 144 valence electrons. The first kappa shape index (κ1) is 18.4. The van der Waals surface area contributed by atoms with Gasteiger partial charge in [-0.05, 0) is 18.2 Å². The maximum atomic E-state index is 13.9. The van der Waals surface area contributed by atoms with Crippen molar-refractivity contribution in [3.8, 4) is 10.7 Å². The third-order valence-corrected chi connectivity index (χ3v) is 4.97. The molecule has 28 heavy (non-hydrogen) atoms. The lowest BCUT2D eigenvalue weighted by atomic mass is 10.2. The third-order valence-electron chi connectivity index (χ3n) is 3.76. The molecule has 0 fully saturated rings. The van der Waals surface area contributed by atoms with Crippen LogP contribution in [-0.4, -0.2) is 29.8 Å². The zero-order valence-corrected chi connectivity index (χ0v) is 15.5. The number of hydrogen-bond donors (Lipinski definition) is 1. The normalized spacial score (nSPS) is 11.3. The highest BCUT2D eigenvalue weighted by atomic mass is 35.5. The molecule has 12 heteroatoms. The molecule has 4 aromatic rings. The minimum absolute atomic E-state index is 0.155. The van der Waals surface area contributed by atoms with Gasteiger partial charge < -0.3 is 5.32 Å². The number of halogens is 4. The van der Waals surface area contributed by atoms with E-state index in [0.29, 0.717) is 26.2 Å². The summed E-state index contributed by atoms with van der Waals surface area (Å²) in [6, 6.07) is 7.57. The average Bonchev–Trinajstić information content (AvgIpc) is 3.39. The van der Waals surface area contributed by atoms with E-state index in [0.717, 1.165) is 11.3 Å². The second kappa shape index (κ2) is 7.60. The molecule has 4 rings (SSSR count). The Morgan fingerprint density at radius 1 is 1.18 bits per heavy atom.